The normalized spacial score (nSPS) is 16.2. The molecule has 3 rings (SSSR count). The summed E-state index contributed by atoms with van der Waals surface area (Å²) in [5.41, 5.74) is 2.42. The fraction of sp³-hybridized carbons (Fsp3) is 0.364. The molecular weight excluding hydrogens is 326 g/mol. The van der Waals surface area contributed by atoms with Gasteiger partial charge in [-0.1, -0.05) is 54.6 Å². The predicted octanol–water partition coefficient (Wildman–Crippen LogP) is 3.62. The molecule has 26 heavy (non-hydrogen) atoms. The number of amides is 1. The summed E-state index contributed by atoms with van der Waals surface area (Å²) in [6, 6.07) is 17.7. The third-order valence-electron chi connectivity index (χ3n) is 5.40. The van der Waals surface area contributed by atoms with Crippen LogP contribution in [0, 0.1) is 6.92 Å². The predicted molar refractivity (Wildman–Crippen MR) is 101 cm³/mol. The Balaban J connectivity index is 1.81. The molecule has 2 aromatic carbocycles. The number of piperidine rings is 1. The fourth-order valence-electron chi connectivity index (χ4n) is 3.62. The number of likely N-dealkylation sites (tertiary alicyclic amines) is 1. The van der Waals surface area contributed by atoms with Crippen LogP contribution in [0.4, 0.5) is 0 Å². The van der Waals surface area contributed by atoms with E-state index in [1.54, 1.807) is 11.8 Å². The van der Waals surface area contributed by atoms with Crippen molar-refractivity contribution in [2.24, 2.45) is 0 Å². The second kappa shape index (κ2) is 7.73. The van der Waals surface area contributed by atoms with Gasteiger partial charge in [0.2, 0.25) is 5.91 Å². The van der Waals surface area contributed by atoms with Gasteiger partial charge in [-0.3, -0.25) is 9.59 Å². The van der Waals surface area contributed by atoms with Gasteiger partial charge in [0, 0.05) is 20.0 Å². The first-order valence-electron chi connectivity index (χ1n) is 9.06. The van der Waals surface area contributed by atoms with E-state index in [0.717, 1.165) is 16.7 Å². The van der Waals surface area contributed by atoms with Crippen LogP contribution in [0.2, 0.25) is 0 Å². The molecule has 0 N–H and O–H groups in total. The molecule has 0 aliphatic carbocycles. The van der Waals surface area contributed by atoms with E-state index in [0.29, 0.717) is 25.9 Å². The molecule has 1 heterocycles. The third kappa shape index (κ3) is 3.64. The Morgan fingerprint density at radius 1 is 1.00 bits per heavy atom. The molecule has 1 saturated heterocycles. The van der Waals surface area contributed by atoms with Crippen molar-refractivity contribution in [3.8, 4) is 0 Å². The van der Waals surface area contributed by atoms with Crippen LogP contribution in [-0.2, 0) is 26.3 Å². The van der Waals surface area contributed by atoms with Gasteiger partial charge in [-0.2, -0.15) is 0 Å². The van der Waals surface area contributed by atoms with Gasteiger partial charge >= 0.3 is 5.97 Å². The minimum atomic E-state index is -0.685. The smallest absolute Gasteiger partial charge is 0.317 e. The van der Waals surface area contributed by atoms with Crippen LogP contribution in [0.5, 0.6) is 0 Å². The molecule has 136 valence electrons. The Kier molecular flexibility index (Phi) is 5.40. The highest BCUT2D eigenvalue weighted by molar-refractivity contribution is 5.84. The van der Waals surface area contributed by atoms with Crippen molar-refractivity contribution in [3.05, 3.63) is 71.3 Å². The summed E-state index contributed by atoms with van der Waals surface area (Å²) in [6.07, 6.45) is 1.17. The minimum absolute atomic E-state index is 0.0555. The first-order chi connectivity index (χ1) is 12.5. The lowest BCUT2D eigenvalue weighted by Gasteiger charge is -2.40. The summed E-state index contributed by atoms with van der Waals surface area (Å²) in [5.74, 6) is -0.143. The van der Waals surface area contributed by atoms with Gasteiger partial charge in [0.05, 0.1) is 5.41 Å². The maximum Gasteiger partial charge on any atom is 0.317 e. The standard InChI is InChI=1S/C22H25NO3/c1-17-8-6-7-9-19(17)16-26-21(25)22(20-10-4-3-5-11-20)12-14-23(15-13-22)18(2)24/h3-11H,12-16H2,1-2H3. The Hall–Kier alpha value is -2.62. The van der Waals surface area contributed by atoms with E-state index in [1.807, 2.05) is 61.5 Å². The maximum absolute atomic E-state index is 13.2. The van der Waals surface area contributed by atoms with Crippen LogP contribution in [0.1, 0.15) is 36.5 Å². The first kappa shape index (κ1) is 18.2. The molecule has 4 heteroatoms. The van der Waals surface area contributed by atoms with Gasteiger partial charge in [-0.15, -0.1) is 0 Å². The zero-order valence-electron chi connectivity index (χ0n) is 15.4. The van der Waals surface area contributed by atoms with Gasteiger partial charge in [0.1, 0.15) is 6.61 Å². The van der Waals surface area contributed by atoms with E-state index >= 15 is 0 Å². The number of ether oxygens (including phenoxy) is 1. The number of aryl methyl sites for hydroxylation is 1. The average molecular weight is 351 g/mol. The lowest BCUT2D eigenvalue weighted by atomic mass is 9.72. The van der Waals surface area contributed by atoms with E-state index in [4.69, 9.17) is 4.74 Å². The molecule has 0 aromatic heterocycles. The Morgan fingerprint density at radius 2 is 1.62 bits per heavy atom. The number of esters is 1. The summed E-state index contributed by atoms with van der Waals surface area (Å²) >= 11 is 0. The quantitative estimate of drug-likeness (QED) is 0.791. The molecular formula is C22H25NO3. The third-order valence-corrected chi connectivity index (χ3v) is 5.40. The molecule has 0 bridgehead atoms. The zero-order valence-corrected chi connectivity index (χ0v) is 15.4. The lowest BCUT2D eigenvalue weighted by molar-refractivity contribution is -0.155. The highest BCUT2D eigenvalue weighted by Crippen LogP contribution is 2.37. The summed E-state index contributed by atoms with van der Waals surface area (Å²) in [4.78, 5) is 26.6. The van der Waals surface area contributed by atoms with Crippen LogP contribution >= 0.6 is 0 Å². The first-order valence-corrected chi connectivity index (χ1v) is 9.06. The molecule has 2 aromatic rings. The molecule has 0 unspecified atom stereocenters. The summed E-state index contributed by atoms with van der Waals surface area (Å²) in [5, 5.41) is 0. The number of rotatable bonds is 4. The molecule has 0 spiro atoms. The second-order valence-corrected chi connectivity index (χ2v) is 6.96. The van der Waals surface area contributed by atoms with Crippen molar-refractivity contribution in [2.45, 2.75) is 38.7 Å². The number of nitrogens with zero attached hydrogens (tertiary/aromatic N) is 1. The monoisotopic (exact) mass is 351 g/mol. The zero-order chi connectivity index (χ0) is 18.6. The Bertz CT molecular complexity index is 777. The van der Waals surface area contributed by atoms with E-state index in [2.05, 4.69) is 0 Å². The Labute approximate surface area is 154 Å². The second-order valence-electron chi connectivity index (χ2n) is 6.96. The number of hydrogen-bond donors (Lipinski definition) is 0. The lowest BCUT2D eigenvalue weighted by Crippen LogP contribution is -2.49. The highest BCUT2D eigenvalue weighted by atomic mass is 16.5. The molecule has 0 radical (unpaired) electrons. The van der Waals surface area contributed by atoms with Gasteiger partial charge in [0.15, 0.2) is 0 Å². The van der Waals surface area contributed by atoms with Crippen LogP contribution in [0.15, 0.2) is 54.6 Å². The summed E-state index contributed by atoms with van der Waals surface area (Å²) in [7, 11) is 0. The van der Waals surface area contributed by atoms with Crippen molar-refractivity contribution < 1.29 is 14.3 Å². The van der Waals surface area contributed by atoms with Crippen molar-refractivity contribution in [2.75, 3.05) is 13.1 Å². The molecule has 0 saturated carbocycles. The van der Waals surface area contributed by atoms with Crippen LogP contribution in [0.25, 0.3) is 0 Å². The number of carbonyl (C=O) groups excluding carboxylic acids is 2. The van der Waals surface area contributed by atoms with Gasteiger partial charge < -0.3 is 9.64 Å². The van der Waals surface area contributed by atoms with Gasteiger partial charge in [-0.25, -0.2) is 0 Å². The van der Waals surface area contributed by atoms with E-state index < -0.39 is 5.41 Å². The summed E-state index contributed by atoms with van der Waals surface area (Å²) < 4.78 is 5.76. The molecule has 1 amide bonds. The number of benzene rings is 2. The van der Waals surface area contributed by atoms with E-state index in [9.17, 15) is 9.59 Å². The van der Waals surface area contributed by atoms with Crippen LogP contribution in [0.3, 0.4) is 0 Å². The average Bonchev–Trinajstić information content (AvgIpc) is 2.67. The fourth-order valence-corrected chi connectivity index (χ4v) is 3.62. The molecule has 1 aliphatic heterocycles. The van der Waals surface area contributed by atoms with Crippen molar-refractivity contribution >= 4 is 11.9 Å². The molecule has 0 atom stereocenters. The van der Waals surface area contributed by atoms with Gasteiger partial charge in [0.25, 0.3) is 0 Å². The Morgan fingerprint density at radius 3 is 2.23 bits per heavy atom. The SMILES string of the molecule is CC(=O)N1CCC(C(=O)OCc2ccccc2C)(c2ccccc2)CC1. The van der Waals surface area contributed by atoms with Crippen molar-refractivity contribution in [1.82, 2.24) is 4.90 Å². The highest BCUT2D eigenvalue weighted by Gasteiger charge is 2.44. The topological polar surface area (TPSA) is 46.6 Å². The van der Waals surface area contributed by atoms with E-state index in [1.165, 1.54) is 0 Å². The van der Waals surface area contributed by atoms with Crippen LogP contribution in [-0.4, -0.2) is 29.9 Å². The largest absolute Gasteiger partial charge is 0.460 e. The molecule has 1 fully saturated rings. The summed E-state index contributed by atoms with van der Waals surface area (Å²) in [6.45, 7) is 5.01. The van der Waals surface area contributed by atoms with Crippen LogP contribution < -0.4 is 0 Å². The van der Waals surface area contributed by atoms with Crippen molar-refractivity contribution in [1.29, 1.82) is 0 Å². The van der Waals surface area contributed by atoms with Gasteiger partial charge in [-0.05, 0) is 36.5 Å². The van der Waals surface area contributed by atoms with E-state index in [-0.39, 0.29) is 18.5 Å². The number of hydrogen-bond acceptors (Lipinski definition) is 3. The maximum atomic E-state index is 13.2. The van der Waals surface area contributed by atoms with Crippen molar-refractivity contribution in [3.63, 3.8) is 0 Å². The number of carbonyl (C=O) groups is 2. The molecule has 1 aliphatic rings. The molecule has 4 nitrogen and oxygen atoms in total. The minimum Gasteiger partial charge on any atom is -0.460 e.